The number of hydrogen-bond donors (Lipinski definition) is 1. The van der Waals surface area contributed by atoms with E-state index in [1.165, 1.54) is 14.9 Å². The molecule has 0 aliphatic heterocycles. The number of aromatic nitrogens is 1. The number of rotatable bonds is 7. The van der Waals surface area contributed by atoms with Crippen molar-refractivity contribution in [2.24, 2.45) is 0 Å². The maximum Gasteiger partial charge on any atom is 0.133 e. The second-order valence-corrected chi connectivity index (χ2v) is 8.13. The van der Waals surface area contributed by atoms with Gasteiger partial charge in [0.1, 0.15) is 5.82 Å². The minimum Gasteiger partial charge on any atom is -0.355 e. The average Bonchev–Trinajstić information content (AvgIpc) is 2.84. The van der Waals surface area contributed by atoms with Crippen LogP contribution in [0.3, 0.4) is 0 Å². The van der Waals surface area contributed by atoms with Crippen molar-refractivity contribution in [2.45, 2.75) is 26.4 Å². The molecule has 21 heavy (non-hydrogen) atoms. The Hall–Kier alpha value is -0.430. The molecule has 0 aliphatic carbocycles. The van der Waals surface area contributed by atoms with Crippen molar-refractivity contribution in [1.29, 1.82) is 0 Å². The van der Waals surface area contributed by atoms with E-state index in [1.807, 2.05) is 6.20 Å². The van der Waals surface area contributed by atoms with Crippen LogP contribution in [0.15, 0.2) is 32.0 Å². The zero-order valence-electron chi connectivity index (χ0n) is 12.2. The van der Waals surface area contributed by atoms with Crippen molar-refractivity contribution in [2.75, 3.05) is 18.5 Å². The lowest BCUT2D eigenvalue weighted by Gasteiger charge is -2.21. The number of pyridine rings is 1. The fourth-order valence-electron chi connectivity index (χ4n) is 2.13. The molecule has 1 N–H and O–H groups in total. The smallest absolute Gasteiger partial charge is 0.133 e. The molecule has 0 amide bonds. The summed E-state index contributed by atoms with van der Waals surface area (Å²) in [7, 11) is 2.09. The molecule has 0 bridgehead atoms. The molecule has 6 heteroatoms. The lowest BCUT2D eigenvalue weighted by atomic mass is 10.2. The van der Waals surface area contributed by atoms with Crippen LogP contribution in [0.5, 0.6) is 0 Å². The number of thiophene rings is 1. The molecule has 0 atom stereocenters. The van der Waals surface area contributed by atoms with Crippen molar-refractivity contribution in [3.8, 4) is 0 Å². The summed E-state index contributed by atoms with van der Waals surface area (Å²) in [4.78, 5) is 6.79. The number of hydrogen-bond acceptors (Lipinski definition) is 4. The molecule has 3 nitrogen and oxygen atoms in total. The Labute approximate surface area is 147 Å². The summed E-state index contributed by atoms with van der Waals surface area (Å²) in [6.07, 6.45) is 2.99. The van der Waals surface area contributed by atoms with Crippen LogP contribution in [-0.2, 0) is 13.1 Å². The van der Waals surface area contributed by atoms with Crippen LogP contribution in [0.4, 0.5) is 5.82 Å². The van der Waals surface area contributed by atoms with Crippen molar-refractivity contribution in [3.05, 3.63) is 43.1 Å². The van der Waals surface area contributed by atoms with E-state index < -0.39 is 0 Å². The second-order valence-electron chi connectivity index (χ2n) is 4.93. The Morgan fingerprint density at radius 2 is 2.14 bits per heavy atom. The normalized spacial score (nSPS) is 10.9. The molecule has 0 unspecified atom stereocenters. The van der Waals surface area contributed by atoms with Gasteiger partial charge in [0.2, 0.25) is 0 Å². The maximum absolute atomic E-state index is 4.59. The first kappa shape index (κ1) is 16.9. The highest BCUT2D eigenvalue weighted by Gasteiger charge is 2.11. The molecule has 114 valence electrons. The van der Waals surface area contributed by atoms with Gasteiger partial charge in [-0.2, -0.15) is 0 Å². The molecule has 2 rings (SSSR count). The quantitative estimate of drug-likeness (QED) is 0.636. The first-order valence-electron chi connectivity index (χ1n) is 6.89. The Balaban J connectivity index is 2.12. The Bertz CT molecular complexity index is 586. The molecule has 0 radical (unpaired) electrons. The van der Waals surface area contributed by atoms with Gasteiger partial charge in [0, 0.05) is 36.4 Å². The van der Waals surface area contributed by atoms with Gasteiger partial charge < -0.3 is 10.2 Å². The van der Waals surface area contributed by atoms with E-state index in [4.69, 9.17) is 0 Å². The van der Waals surface area contributed by atoms with Gasteiger partial charge in [-0.1, -0.05) is 6.92 Å². The summed E-state index contributed by atoms with van der Waals surface area (Å²) in [6, 6.07) is 4.31. The van der Waals surface area contributed by atoms with Crippen molar-refractivity contribution >= 4 is 49.0 Å². The highest BCUT2D eigenvalue weighted by Crippen LogP contribution is 2.25. The van der Waals surface area contributed by atoms with Crippen LogP contribution in [0.2, 0.25) is 0 Å². The van der Waals surface area contributed by atoms with Crippen LogP contribution < -0.4 is 10.2 Å². The summed E-state index contributed by atoms with van der Waals surface area (Å²) in [5.74, 6) is 1.03. The summed E-state index contributed by atoms with van der Waals surface area (Å²) >= 11 is 8.74. The largest absolute Gasteiger partial charge is 0.355 e. The maximum atomic E-state index is 4.59. The minimum atomic E-state index is 0.841. The molecule has 0 saturated heterocycles. The summed E-state index contributed by atoms with van der Waals surface area (Å²) in [5.41, 5.74) is 2.51. The van der Waals surface area contributed by atoms with Gasteiger partial charge in [-0.25, -0.2) is 4.98 Å². The number of nitrogens with one attached hydrogen (secondary N) is 1. The van der Waals surface area contributed by atoms with Gasteiger partial charge in [-0.05, 0) is 67.9 Å². The summed E-state index contributed by atoms with van der Waals surface area (Å²) in [6.45, 7) is 4.89. The SMILES string of the molecule is CCCNCc1cc(Br)cnc1N(C)Cc1csc(Br)c1. The monoisotopic (exact) mass is 431 g/mol. The van der Waals surface area contributed by atoms with Gasteiger partial charge in [0.15, 0.2) is 0 Å². The Morgan fingerprint density at radius 3 is 2.81 bits per heavy atom. The van der Waals surface area contributed by atoms with Crippen LogP contribution in [0.1, 0.15) is 24.5 Å². The highest BCUT2D eigenvalue weighted by atomic mass is 79.9. The lowest BCUT2D eigenvalue weighted by Crippen LogP contribution is -2.22. The second kappa shape index (κ2) is 8.27. The predicted molar refractivity (Wildman–Crippen MR) is 98.1 cm³/mol. The van der Waals surface area contributed by atoms with E-state index in [9.17, 15) is 0 Å². The number of halogens is 2. The van der Waals surface area contributed by atoms with E-state index in [2.05, 4.69) is 78.5 Å². The average molecular weight is 433 g/mol. The van der Waals surface area contributed by atoms with E-state index in [0.717, 1.165) is 36.3 Å². The fraction of sp³-hybridized carbons (Fsp3) is 0.400. The third-order valence-electron chi connectivity index (χ3n) is 3.05. The van der Waals surface area contributed by atoms with Crippen LogP contribution in [-0.4, -0.2) is 18.6 Å². The van der Waals surface area contributed by atoms with Crippen LogP contribution in [0, 0.1) is 0 Å². The van der Waals surface area contributed by atoms with Gasteiger partial charge >= 0.3 is 0 Å². The summed E-state index contributed by atoms with van der Waals surface area (Å²) in [5, 5.41) is 5.62. The molecule has 0 aromatic carbocycles. The Kier molecular flexibility index (Phi) is 6.67. The topological polar surface area (TPSA) is 28.2 Å². The molecule has 2 aromatic heterocycles. The molecular formula is C15H19Br2N3S. The van der Waals surface area contributed by atoms with Crippen molar-refractivity contribution in [1.82, 2.24) is 10.3 Å². The zero-order valence-corrected chi connectivity index (χ0v) is 16.2. The fourth-order valence-corrected chi connectivity index (χ4v) is 3.70. The van der Waals surface area contributed by atoms with Crippen molar-refractivity contribution in [3.63, 3.8) is 0 Å². The highest BCUT2D eigenvalue weighted by molar-refractivity contribution is 9.11. The van der Waals surface area contributed by atoms with Crippen molar-refractivity contribution < 1.29 is 0 Å². The van der Waals surface area contributed by atoms with E-state index in [-0.39, 0.29) is 0 Å². The predicted octanol–water partition coefficient (Wildman–Crippen LogP) is 4.80. The third kappa shape index (κ3) is 5.06. The summed E-state index contributed by atoms with van der Waals surface area (Å²) < 4.78 is 2.19. The van der Waals surface area contributed by atoms with E-state index in [0.29, 0.717) is 0 Å². The number of nitrogens with zero attached hydrogens (tertiary/aromatic N) is 2. The molecular weight excluding hydrogens is 414 g/mol. The van der Waals surface area contributed by atoms with Crippen LogP contribution >= 0.6 is 43.2 Å². The molecule has 2 heterocycles. The first-order chi connectivity index (χ1) is 10.1. The number of anilines is 1. The Morgan fingerprint density at radius 1 is 1.33 bits per heavy atom. The minimum absolute atomic E-state index is 0.841. The van der Waals surface area contributed by atoms with E-state index >= 15 is 0 Å². The molecule has 0 saturated carbocycles. The standard InChI is InChI=1S/C15H19Br2N3S/c1-3-4-18-7-12-6-13(16)8-19-15(12)20(2)9-11-5-14(17)21-10-11/h5-6,8,10,18H,3-4,7,9H2,1-2H3. The molecule has 0 fully saturated rings. The van der Waals surface area contributed by atoms with Gasteiger partial charge in [-0.3, -0.25) is 0 Å². The van der Waals surface area contributed by atoms with Gasteiger partial charge in [0.25, 0.3) is 0 Å². The first-order valence-corrected chi connectivity index (χ1v) is 9.36. The molecule has 0 aliphatic rings. The zero-order chi connectivity index (χ0) is 15.2. The molecule has 0 spiro atoms. The molecule has 2 aromatic rings. The van der Waals surface area contributed by atoms with Gasteiger partial charge in [0.05, 0.1) is 3.79 Å². The third-order valence-corrected chi connectivity index (χ3v) is 5.04. The van der Waals surface area contributed by atoms with Gasteiger partial charge in [-0.15, -0.1) is 11.3 Å². The van der Waals surface area contributed by atoms with E-state index in [1.54, 1.807) is 11.3 Å². The van der Waals surface area contributed by atoms with Crippen LogP contribution in [0.25, 0.3) is 0 Å². The lowest BCUT2D eigenvalue weighted by molar-refractivity contribution is 0.671.